The maximum absolute atomic E-state index is 12.4. The van der Waals surface area contributed by atoms with Crippen LogP contribution in [0.15, 0.2) is 96.4 Å². The van der Waals surface area contributed by atoms with E-state index >= 15 is 0 Å². The van der Waals surface area contributed by atoms with Crippen LogP contribution in [-0.4, -0.2) is 10.9 Å². The number of hydrogen-bond acceptors (Lipinski definition) is 2. The number of allylic oxidation sites excluding steroid dienone is 13. The van der Waals surface area contributed by atoms with Crippen molar-refractivity contribution in [1.29, 1.82) is 0 Å². The van der Waals surface area contributed by atoms with Gasteiger partial charge in [-0.1, -0.05) is 108 Å². The maximum atomic E-state index is 12.4. The summed E-state index contributed by atoms with van der Waals surface area (Å²) in [6.45, 7) is 18.4. The van der Waals surface area contributed by atoms with Gasteiger partial charge in [-0.15, -0.1) is 0 Å². The molecule has 190 valence electrons. The average Bonchev–Trinajstić information content (AvgIpc) is 3.22. The SMILES string of the molecule is C/C=C\C(=C/C)c1ccc(C(=O)NC2=CC(C)C(C)C(C)=C2)cn1.C1=CC=CCC=C1.CC.CC. The van der Waals surface area contributed by atoms with Crippen molar-refractivity contribution in [2.45, 2.75) is 68.7 Å². The predicted molar refractivity (Wildman–Crippen MR) is 155 cm³/mol. The van der Waals surface area contributed by atoms with E-state index in [1.165, 1.54) is 5.57 Å². The van der Waals surface area contributed by atoms with E-state index in [2.05, 4.69) is 61.5 Å². The summed E-state index contributed by atoms with van der Waals surface area (Å²) < 4.78 is 0. The topological polar surface area (TPSA) is 42.0 Å². The van der Waals surface area contributed by atoms with Crippen molar-refractivity contribution in [2.24, 2.45) is 11.8 Å². The second kappa shape index (κ2) is 19.1. The van der Waals surface area contributed by atoms with Gasteiger partial charge in [0.05, 0.1) is 11.3 Å². The molecule has 2 aliphatic rings. The van der Waals surface area contributed by atoms with E-state index in [-0.39, 0.29) is 5.91 Å². The standard InChI is InChI=1S/C21H26N2O.C7H8.2C2H6/c1-6-8-17(7-2)20-10-9-18(13-22-20)21(24)23-19-11-14(3)16(5)15(4)12-19;1-2-4-6-7-5-3-1;2*1-2/h6-14,16H,1-5H3,(H,23,24);1-6H,7H2;2*1-2H3/b8-6-,17-7+;;;. The van der Waals surface area contributed by atoms with Gasteiger partial charge in [0, 0.05) is 11.9 Å². The molecule has 0 saturated heterocycles. The molecule has 2 unspecified atom stereocenters. The van der Waals surface area contributed by atoms with Crippen LogP contribution in [0, 0.1) is 11.8 Å². The molecule has 0 saturated carbocycles. The molecule has 3 nitrogen and oxygen atoms in total. The van der Waals surface area contributed by atoms with E-state index in [0.717, 1.165) is 23.4 Å². The van der Waals surface area contributed by atoms with Crippen molar-refractivity contribution >= 4 is 11.5 Å². The van der Waals surface area contributed by atoms with Gasteiger partial charge in [0.15, 0.2) is 0 Å². The fourth-order valence-corrected chi connectivity index (χ4v) is 3.28. The first-order valence-electron chi connectivity index (χ1n) is 12.9. The highest BCUT2D eigenvalue weighted by atomic mass is 16.1. The van der Waals surface area contributed by atoms with E-state index in [1.54, 1.807) is 6.20 Å². The van der Waals surface area contributed by atoms with Gasteiger partial charge in [-0.25, -0.2) is 0 Å². The summed E-state index contributed by atoms with van der Waals surface area (Å²) in [4.78, 5) is 16.8. The summed E-state index contributed by atoms with van der Waals surface area (Å²) in [6, 6.07) is 3.70. The first kappa shape index (κ1) is 31.8. The molecule has 0 aromatic carbocycles. The highest BCUT2D eigenvalue weighted by Gasteiger charge is 2.18. The first-order chi connectivity index (χ1) is 17.0. The molecule has 1 aromatic heterocycles. The van der Waals surface area contributed by atoms with Crippen molar-refractivity contribution in [2.75, 3.05) is 0 Å². The van der Waals surface area contributed by atoms with Gasteiger partial charge in [-0.2, -0.15) is 0 Å². The molecule has 2 atom stereocenters. The van der Waals surface area contributed by atoms with Crippen LogP contribution in [0.1, 0.15) is 84.8 Å². The highest BCUT2D eigenvalue weighted by Crippen LogP contribution is 2.27. The molecule has 0 radical (unpaired) electrons. The van der Waals surface area contributed by atoms with Crippen LogP contribution in [-0.2, 0) is 0 Å². The van der Waals surface area contributed by atoms with Crippen molar-refractivity contribution in [1.82, 2.24) is 10.3 Å². The van der Waals surface area contributed by atoms with E-state index in [0.29, 0.717) is 17.4 Å². The zero-order valence-electron chi connectivity index (χ0n) is 23.3. The van der Waals surface area contributed by atoms with Crippen LogP contribution in [0.3, 0.4) is 0 Å². The number of hydrogen-bond donors (Lipinski definition) is 1. The molecule has 1 amide bonds. The Hall–Kier alpha value is -3.20. The lowest BCUT2D eigenvalue weighted by Gasteiger charge is -2.24. The van der Waals surface area contributed by atoms with Gasteiger partial charge in [-0.3, -0.25) is 9.78 Å². The van der Waals surface area contributed by atoms with E-state index in [9.17, 15) is 4.79 Å². The van der Waals surface area contributed by atoms with Crippen molar-refractivity contribution in [3.8, 4) is 0 Å². The monoisotopic (exact) mass is 474 g/mol. The van der Waals surface area contributed by atoms with Crippen LogP contribution in [0.2, 0.25) is 0 Å². The van der Waals surface area contributed by atoms with Crippen molar-refractivity contribution < 1.29 is 4.79 Å². The number of nitrogens with zero attached hydrogens (tertiary/aromatic N) is 1. The molecule has 1 heterocycles. The molecule has 3 heteroatoms. The lowest BCUT2D eigenvalue weighted by Crippen LogP contribution is -2.25. The molecule has 35 heavy (non-hydrogen) atoms. The summed E-state index contributed by atoms with van der Waals surface area (Å²) >= 11 is 0. The second-order valence-electron chi connectivity index (χ2n) is 7.77. The minimum absolute atomic E-state index is 0.126. The van der Waals surface area contributed by atoms with E-state index in [4.69, 9.17) is 0 Å². The highest BCUT2D eigenvalue weighted by molar-refractivity contribution is 5.95. The molecule has 1 aromatic rings. The summed E-state index contributed by atoms with van der Waals surface area (Å²) in [5, 5.41) is 2.98. The number of pyridine rings is 1. The third-order valence-electron chi connectivity index (χ3n) is 5.45. The Morgan fingerprint density at radius 1 is 1.00 bits per heavy atom. The van der Waals surface area contributed by atoms with Crippen LogP contribution < -0.4 is 5.32 Å². The molecule has 2 aliphatic carbocycles. The quantitative estimate of drug-likeness (QED) is 0.442. The molecular formula is C32H46N2O. The van der Waals surface area contributed by atoms with Gasteiger partial charge < -0.3 is 5.32 Å². The molecule has 0 spiro atoms. The minimum Gasteiger partial charge on any atom is -0.322 e. The zero-order valence-corrected chi connectivity index (χ0v) is 23.3. The number of nitrogens with one attached hydrogen (secondary N) is 1. The van der Waals surface area contributed by atoms with Gasteiger partial charge in [0.1, 0.15) is 0 Å². The zero-order chi connectivity index (χ0) is 26.6. The Bertz CT molecular complexity index is 940. The second-order valence-corrected chi connectivity index (χ2v) is 7.77. The molecule has 0 bridgehead atoms. The van der Waals surface area contributed by atoms with Crippen LogP contribution in [0.25, 0.3) is 5.57 Å². The normalized spacial score (nSPS) is 18.5. The lowest BCUT2D eigenvalue weighted by molar-refractivity contribution is 0.0966. The van der Waals surface area contributed by atoms with Gasteiger partial charge >= 0.3 is 0 Å². The van der Waals surface area contributed by atoms with Gasteiger partial charge in [0.25, 0.3) is 5.91 Å². The van der Waals surface area contributed by atoms with Crippen LogP contribution in [0.5, 0.6) is 0 Å². The van der Waals surface area contributed by atoms with Gasteiger partial charge in [0.2, 0.25) is 0 Å². The number of carbonyl (C=O) groups is 1. The number of carbonyl (C=O) groups excluding carboxylic acids is 1. The fraction of sp³-hybridized carbons (Fsp3) is 0.375. The summed E-state index contributed by atoms with van der Waals surface area (Å²) in [6.07, 6.45) is 25.3. The summed E-state index contributed by atoms with van der Waals surface area (Å²) in [7, 11) is 0. The molecule has 1 N–H and O–H groups in total. The Morgan fingerprint density at radius 3 is 2.11 bits per heavy atom. The Morgan fingerprint density at radius 2 is 1.63 bits per heavy atom. The molecule has 0 aliphatic heterocycles. The number of rotatable bonds is 4. The van der Waals surface area contributed by atoms with Crippen LogP contribution in [0.4, 0.5) is 0 Å². The maximum Gasteiger partial charge on any atom is 0.257 e. The van der Waals surface area contributed by atoms with Crippen molar-refractivity contribution in [3.05, 3.63) is 108 Å². The van der Waals surface area contributed by atoms with Crippen LogP contribution >= 0.6 is 0 Å². The van der Waals surface area contributed by atoms with Gasteiger partial charge in [-0.05, 0) is 62.8 Å². The number of amides is 1. The van der Waals surface area contributed by atoms with E-state index < -0.39 is 0 Å². The fourth-order valence-electron chi connectivity index (χ4n) is 3.28. The van der Waals surface area contributed by atoms with E-state index in [1.807, 2.05) is 90.1 Å². The minimum atomic E-state index is -0.126. The lowest BCUT2D eigenvalue weighted by atomic mass is 9.84. The number of aromatic nitrogens is 1. The third-order valence-corrected chi connectivity index (χ3v) is 5.45. The Labute approximate surface area is 214 Å². The first-order valence-corrected chi connectivity index (χ1v) is 12.9. The summed E-state index contributed by atoms with van der Waals surface area (Å²) in [5.41, 5.74) is 4.63. The average molecular weight is 475 g/mol. The summed E-state index contributed by atoms with van der Waals surface area (Å²) in [5.74, 6) is 0.806. The Kier molecular flexibility index (Phi) is 17.4. The largest absolute Gasteiger partial charge is 0.322 e. The van der Waals surface area contributed by atoms with Crippen molar-refractivity contribution in [3.63, 3.8) is 0 Å². The smallest absolute Gasteiger partial charge is 0.257 e. The Balaban J connectivity index is 0.000000878. The molecule has 0 fully saturated rings. The third kappa shape index (κ3) is 11.7. The molecular weight excluding hydrogens is 428 g/mol. The molecule has 3 rings (SSSR count). The predicted octanol–water partition coefficient (Wildman–Crippen LogP) is 9.02.